The molecule has 0 aliphatic rings. The summed E-state index contributed by atoms with van der Waals surface area (Å²) in [6.07, 6.45) is 2.68. The monoisotopic (exact) mass is 232 g/mol. The molecule has 84 valence electrons. The van der Waals surface area contributed by atoms with Crippen LogP contribution in [0.25, 0.3) is 0 Å². The van der Waals surface area contributed by atoms with Crippen LogP contribution in [0.15, 0.2) is 6.20 Å². The molecular weight excluding hydrogens is 219 g/mol. The first-order valence-corrected chi connectivity index (χ1v) is 6.10. The highest BCUT2D eigenvalue weighted by molar-refractivity contribution is 7.84. The van der Waals surface area contributed by atoms with Gasteiger partial charge in [0, 0.05) is 36.4 Å². The van der Waals surface area contributed by atoms with Crippen molar-refractivity contribution < 1.29 is 8.60 Å². The second kappa shape index (κ2) is 5.59. The Bertz CT molecular complexity index is 360. The zero-order chi connectivity index (χ0) is 11.3. The summed E-state index contributed by atoms with van der Waals surface area (Å²) < 4.78 is 23.9. The molecule has 0 saturated carbocycles. The van der Waals surface area contributed by atoms with E-state index in [1.165, 1.54) is 0 Å². The van der Waals surface area contributed by atoms with Gasteiger partial charge in [0.2, 0.25) is 5.95 Å². The molecular formula is C8H13FN4OS. The Kier molecular flexibility index (Phi) is 4.41. The van der Waals surface area contributed by atoms with Crippen molar-refractivity contribution in [3.8, 4) is 0 Å². The summed E-state index contributed by atoms with van der Waals surface area (Å²) in [5.41, 5.74) is 0. The Balaban J connectivity index is 2.62. The molecule has 1 atom stereocenters. The molecule has 0 aromatic carbocycles. The second-order valence-corrected chi connectivity index (χ2v) is 4.40. The van der Waals surface area contributed by atoms with Gasteiger partial charge in [0.25, 0.3) is 0 Å². The molecule has 0 amide bonds. The summed E-state index contributed by atoms with van der Waals surface area (Å²) in [4.78, 5) is 7.58. The fourth-order valence-corrected chi connectivity index (χ4v) is 1.31. The molecule has 1 unspecified atom stereocenters. The fraction of sp³-hybridized carbons (Fsp3) is 0.500. The summed E-state index contributed by atoms with van der Waals surface area (Å²) in [5.74, 6) is 0.408. The fourth-order valence-electron chi connectivity index (χ4n) is 0.925. The van der Waals surface area contributed by atoms with Crippen LogP contribution >= 0.6 is 0 Å². The molecule has 0 bridgehead atoms. The van der Waals surface area contributed by atoms with E-state index in [4.69, 9.17) is 0 Å². The van der Waals surface area contributed by atoms with E-state index in [0.29, 0.717) is 18.2 Å². The van der Waals surface area contributed by atoms with Crippen LogP contribution in [0.5, 0.6) is 0 Å². The molecule has 5 nitrogen and oxygen atoms in total. The molecule has 1 heterocycles. The SMILES string of the molecule is CNc1ncc(F)c(NCCS(C)=O)n1. The van der Waals surface area contributed by atoms with Crippen LogP contribution in [0.1, 0.15) is 0 Å². The van der Waals surface area contributed by atoms with Gasteiger partial charge in [-0.3, -0.25) is 4.21 Å². The maximum atomic E-state index is 13.1. The van der Waals surface area contributed by atoms with Crippen LogP contribution in [0.4, 0.5) is 16.2 Å². The van der Waals surface area contributed by atoms with Crippen molar-refractivity contribution in [2.45, 2.75) is 0 Å². The average molecular weight is 232 g/mol. The Morgan fingerprint density at radius 2 is 2.33 bits per heavy atom. The zero-order valence-corrected chi connectivity index (χ0v) is 9.40. The molecule has 0 saturated heterocycles. The Labute approximate surface area is 90.0 Å². The summed E-state index contributed by atoms with van der Waals surface area (Å²) in [7, 11) is 0.754. The molecule has 0 aliphatic heterocycles. The van der Waals surface area contributed by atoms with Gasteiger partial charge in [-0.2, -0.15) is 4.98 Å². The van der Waals surface area contributed by atoms with E-state index < -0.39 is 16.6 Å². The predicted octanol–water partition coefficient (Wildman–Crippen LogP) is 0.448. The number of nitrogens with one attached hydrogen (secondary N) is 2. The van der Waals surface area contributed by atoms with Crippen LogP contribution in [-0.4, -0.2) is 39.8 Å². The molecule has 0 radical (unpaired) electrons. The van der Waals surface area contributed by atoms with Crippen LogP contribution in [-0.2, 0) is 10.8 Å². The standard InChI is InChI=1S/C8H13FN4OS/c1-10-8-12-5-6(9)7(13-8)11-3-4-15(2)14/h5H,3-4H2,1-2H3,(H2,10,11,12,13). The van der Waals surface area contributed by atoms with Gasteiger partial charge >= 0.3 is 0 Å². The van der Waals surface area contributed by atoms with Gasteiger partial charge in [0.15, 0.2) is 11.6 Å². The van der Waals surface area contributed by atoms with Crippen molar-refractivity contribution in [2.75, 3.05) is 36.2 Å². The highest BCUT2D eigenvalue weighted by Crippen LogP contribution is 2.10. The van der Waals surface area contributed by atoms with E-state index in [2.05, 4.69) is 20.6 Å². The second-order valence-electron chi connectivity index (χ2n) is 2.84. The lowest BCUT2D eigenvalue weighted by Gasteiger charge is -2.06. The lowest BCUT2D eigenvalue weighted by molar-refractivity contribution is 0.618. The topological polar surface area (TPSA) is 66.9 Å². The van der Waals surface area contributed by atoms with Gasteiger partial charge in [-0.15, -0.1) is 0 Å². The van der Waals surface area contributed by atoms with Crippen LogP contribution in [0.2, 0.25) is 0 Å². The van der Waals surface area contributed by atoms with Crippen molar-refractivity contribution in [3.63, 3.8) is 0 Å². The van der Waals surface area contributed by atoms with Crippen LogP contribution in [0.3, 0.4) is 0 Å². The number of halogens is 1. The molecule has 0 fully saturated rings. The maximum absolute atomic E-state index is 13.1. The van der Waals surface area contributed by atoms with Gasteiger partial charge in [0.1, 0.15) is 0 Å². The lowest BCUT2D eigenvalue weighted by atomic mass is 10.5. The first-order valence-electron chi connectivity index (χ1n) is 4.37. The Morgan fingerprint density at radius 1 is 1.60 bits per heavy atom. The number of anilines is 2. The highest BCUT2D eigenvalue weighted by atomic mass is 32.2. The van der Waals surface area contributed by atoms with Gasteiger partial charge in [-0.1, -0.05) is 0 Å². The van der Waals surface area contributed by atoms with Crippen molar-refractivity contribution in [3.05, 3.63) is 12.0 Å². The van der Waals surface area contributed by atoms with Crippen molar-refractivity contribution >= 4 is 22.6 Å². The Morgan fingerprint density at radius 3 is 2.93 bits per heavy atom. The van der Waals surface area contributed by atoms with E-state index in [1.807, 2.05) is 0 Å². The van der Waals surface area contributed by atoms with E-state index >= 15 is 0 Å². The number of hydrogen-bond donors (Lipinski definition) is 2. The summed E-state index contributed by atoms with van der Waals surface area (Å²) in [5, 5.41) is 5.46. The van der Waals surface area contributed by atoms with Crippen molar-refractivity contribution in [1.29, 1.82) is 0 Å². The molecule has 0 aliphatic carbocycles. The van der Waals surface area contributed by atoms with E-state index in [9.17, 15) is 8.60 Å². The average Bonchev–Trinajstić information content (AvgIpc) is 2.20. The third kappa shape index (κ3) is 3.78. The molecule has 1 aromatic rings. The number of hydrogen-bond acceptors (Lipinski definition) is 5. The van der Waals surface area contributed by atoms with E-state index in [1.54, 1.807) is 13.3 Å². The lowest BCUT2D eigenvalue weighted by Crippen LogP contribution is -2.13. The minimum atomic E-state index is -0.897. The van der Waals surface area contributed by atoms with Gasteiger partial charge < -0.3 is 10.6 Å². The van der Waals surface area contributed by atoms with E-state index in [0.717, 1.165) is 6.20 Å². The number of rotatable bonds is 5. The van der Waals surface area contributed by atoms with Crippen LogP contribution in [0, 0.1) is 5.82 Å². The smallest absolute Gasteiger partial charge is 0.224 e. The summed E-state index contributed by atoms with van der Waals surface area (Å²) >= 11 is 0. The van der Waals surface area contributed by atoms with Crippen molar-refractivity contribution in [1.82, 2.24) is 9.97 Å². The largest absolute Gasteiger partial charge is 0.367 e. The Hall–Kier alpha value is -1.24. The summed E-state index contributed by atoms with van der Waals surface area (Å²) in [6, 6.07) is 0. The molecule has 1 rings (SSSR count). The van der Waals surface area contributed by atoms with Crippen molar-refractivity contribution in [2.24, 2.45) is 0 Å². The maximum Gasteiger partial charge on any atom is 0.224 e. The number of aromatic nitrogens is 2. The third-order valence-electron chi connectivity index (χ3n) is 1.65. The van der Waals surface area contributed by atoms with Crippen LogP contribution < -0.4 is 10.6 Å². The molecule has 15 heavy (non-hydrogen) atoms. The first kappa shape index (κ1) is 11.8. The summed E-state index contributed by atoms with van der Waals surface area (Å²) in [6.45, 7) is 0.417. The van der Waals surface area contributed by atoms with Gasteiger partial charge in [-0.05, 0) is 0 Å². The zero-order valence-electron chi connectivity index (χ0n) is 8.58. The minimum Gasteiger partial charge on any atom is -0.367 e. The third-order valence-corrected chi connectivity index (χ3v) is 2.43. The molecule has 7 heteroatoms. The normalized spacial score (nSPS) is 12.2. The van der Waals surface area contributed by atoms with Gasteiger partial charge in [-0.25, -0.2) is 9.37 Å². The quantitative estimate of drug-likeness (QED) is 0.771. The van der Waals surface area contributed by atoms with Gasteiger partial charge in [0.05, 0.1) is 6.20 Å². The molecule has 2 N–H and O–H groups in total. The first-order chi connectivity index (χ1) is 7.13. The molecule has 0 spiro atoms. The predicted molar refractivity (Wildman–Crippen MR) is 59.0 cm³/mol. The molecule has 1 aromatic heterocycles. The highest BCUT2D eigenvalue weighted by Gasteiger charge is 2.05. The van der Waals surface area contributed by atoms with E-state index in [-0.39, 0.29) is 5.82 Å². The minimum absolute atomic E-state index is 0.125. The number of nitrogens with zero attached hydrogens (tertiary/aromatic N) is 2.